The van der Waals surface area contributed by atoms with Crippen molar-refractivity contribution in [1.29, 1.82) is 0 Å². The van der Waals surface area contributed by atoms with Crippen molar-refractivity contribution in [1.82, 2.24) is 0 Å². The van der Waals surface area contributed by atoms with Gasteiger partial charge in [0.1, 0.15) is 0 Å². The van der Waals surface area contributed by atoms with Crippen molar-refractivity contribution in [3.05, 3.63) is 35.6 Å². The SMILES string of the molecule is C#C[C@]1(O)C(=C)C[C@H]2[C@@H]3CC=C4C=C(OC)CC[C@@H]4[C@H]3CC[C@@]21C. The maximum Gasteiger partial charge on any atom is 0.152 e. The Kier molecular flexibility index (Phi) is 3.52. The summed E-state index contributed by atoms with van der Waals surface area (Å²) in [5.41, 5.74) is 1.00. The van der Waals surface area contributed by atoms with E-state index in [1.54, 1.807) is 7.11 Å². The van der Waals surface area contributed by atoms with Crippen LogP contribution in [-0.4, -0.2) is 17.8 Å². The molecule has 2 saturated carbocycles. The number of hydrogen-bond donors (Lipinski definition) is 1. The van der Waals surface area contributed by atoms with Crippen molar-refractivity contribution in [3.8, 4) is 12.3 Å². The summed E-state index contributed by atoms with van der Waals surface area (Å²) >= 11 is 0. The minimum absolute atomic E-state index is 0.215. The van der Waals surface area contributed by atoms with Crippen LogP contribution in [0.15, 0.2) is 35.6 Å². The number of terminal acetylenes is 1. The molecular formula is C22H28O2. The smallest absolute Gasteiger partial charge is 0.152 e. The fourth-order valence-corrected chi connectivity index (χ4v) is 6.32. The van der Waals surface area contributed by atoms with E-state index in [-0.39, 0.29) is 5.41 Å². The Balaban J connectivity index is 1.69. The highest BCUT2D eigenvalue weighted by Gasteiger charge is 2.63. The van der Waals surface area contributed by atoms with Crippen LogP contribution in [0, 0.1) is 41.4 Å². The predicted octanol–water partition coefficient (Wildman–Crippen LogP) is 4.23. The third-order valence-electron chi connectivity index (χ3n) is 7.76. The molecule has 4 aliphatic rings. The molecule has 0 spiro atoms. The summed E-state index contributed by atoms with van der Waals surface area (Å²) in [6.07, 6.45) is 16.8. The van der Waals surface area contributed by atoms with Gasteiger partial charge >= 0.3 is 0 Å². The molecule has 24 heavy (non-hydrogen) atoms. The van der Waals surface area contributed by atoms with E-state index in [2.05, 4.69) is 31.6 Å². The summed E-state index contributed by atoms with van der Waals surface area (Å²) < 4.78 is 5.47. The van der Waals surface area contributed by atoms with Gasteiger partial charge in [0.25, 0.3) is 0 Å². The second-order valence-corrected chi connectivity index (χ2v) is 8.45. The van der Waals surface area contributed by atoms with Crippen LogP contribution in [0.3, 0.4) is 0 Å². The van der Waals surface area contributed by atoms with E-state index in [1.807, 2.05) is 0 Å². The molecule has 0 aromatic carbocycles. The van der Waals surface area contributed by atoms with Crippen molar-refractivity contribution in [3.63, 3.8) is 0 Å². The van der Waals surface area contributed by atoms with Gasteiger partial charge in [-0.2, -0.15) is 0 Å². The average Bonchev–Trinajstić information content (AvgIpc) is 2.81. The molecule has 0 radical (unpaired) electrons. The van der Waals surface area contributed by atoms with Crippen LogP contribution in [0.4, 0.5) is 0 Å². The fourth-order valence-electron chi connectivity index (χ4n) is 6.32. The monoisotopic (exact) mass is 324 g/mol. The normalized spacial score (nSPS) is 46.8. The molecular weight excluding hydrogens is 296 g/mol. The summed E-state index contributed by atoms with van der Waals surface area (Å²) in [6.45, 7) is 6.36. The summed E-state index contributed by atoms with van der Waals surface area (Å²) in [7, 11) is 1.77. The molecule has 0 bridgehead atoms. The van der Waals surface area contributed by atoms with E-state index in [0.29, 0.717) is 23.7 Å². The van der Waals surface area contributed by atoms with E-state index < -0.39 is 5.60 Å². The van der Waals surface area contributed by atoms with Gasteiger partial charge in [-0.15, -0.1) is 6.42 Å². The Hall–Kier alpha value is -1.46. The molecule has 2 fully saturated rings. The largest absolute Gasteiger partial charge is 0.501 e. The number of aliphatic hydroxyl groups is 1. The first-order chi connectivity index (χ1) is 11.4. The first kappa shape index (κ1) is 16.0. The molecule has 0 heterocycles. The zero-order valence-electron chi connectivity index (χ0n) is 14.8. The molecule has 0 aromatic rings. The average molecular weight is 324 g/mol. The highest BCUT2D eigenvalue weighted by Crippen LogP contribution is 2.65. The van der Waals surface area contributed by atoms with Gasteiger partial charge in [0, 0.05) is 11.8 Å². The van der Waals surface area contributed by atoms with Crippen LogP contribution >= 0.6 is 0 Å². The summed E-state index contributed by atoms with van der Waals surface area (Å²) in [5.74, 6) is 6.27. The lowest BCUT2D eigenvalue weighted by molar-refractivity contribution is -0.0716. The lowest BCUT2D eigenvalue weighted by Crippen LogP contribution is -2.52. The van der Waals surface area contributed by atoms with Gasteiger partial charge in [-0.1, -0.05) is 25.5 Å². The lowest BCUT2D eigenvalue weighted by Gasteiger charge is -2.53. The highest BCUT2D eigenvalue weighted by molar-refractivity contribution is 5.40. The van der Waals surface area contributed by atoms with Crippen LogP contribution < -0.4 is 0 Å². The third-order valence-corrected chi connectivity index (χ3v) is 7.76. The Labute approximate surface area is 145 Å². The Morgan fingerprint density at radius 1 is 1.38 bits per heavy atom. The molecule has 0 aliphatic heterocycles. The quantitative estimate of drug-likeness (QED) is 0.578. The molecule has 2 nitrogen and oxygen atoms in total. The molecule has 0 unspecified atom stereocenters. The zero-order chi connectivity index (χ0) is 17.1. The Morgan fingerprint density at radius 2 is 2.17 bits per heavy atom. The van der Waals surface area contributed by atoms with Crippen LogP contribution in [0.25, 0.3) is 0 Å². The molecule has 6 atom stereocenters. The van der Waals surface area contributed by atoms with Gasteiger partial charge in [-0.25, -0.2) is 0 Å². The number of hydrogen-bond acceptors (Lipinski definition) is 2. The zero-order valence-corrected chi connectivity index (χ0v) is 14.8. The second-order valence-electron chi connectivity index (χ2n) is 8.45. The molecule has 4 rings (SSSR count). The van der Waals surface area contributed by atoms with E-state index in [9.17, 15) is 5.11 Å². The van der Waals surface area contributed by atoms with Gasteiger partial charge in [-0.3, -0.25) is 0 Å². The van der Waals surface area contributed by atoms with Gasteiger partial charge in [0.15, 0.2) is 5.60 Å². The topological polar surface area (TPSA) is 29.5 Å². The lowest BCUT2D eigenvalue weighted by atomic mass is 9.51. The van der Waals surface area contributed by atoms with E-state index in [4.69, 9.17) is 11.2 Å². The predicted molar refractivity (Wildman–Crippen MR) is 95.9 cm³/mol. The first-order valence-corrected chi connectivity index (χ1v) is 9.27. The molecule has 0 aromatic heterocycles. The summed E-state index contributed by atoms with van der Waals surface area (Å²) in [5, 5.41) is 11.1. The van der Waals surface area contributed by atoms with Crippen LogP contribution in [0.5, 0.6) is 0 Å². The second kappa shape index (κ2) is 5.27. The van der Waals surface area contributed by atoms with Crippen molar-refractivity contribution in [2.75, 3.05) is 7.11 Å². The van der Waals surface area contributed by atoms with Gasteiger partial charge < -0.3 is 9.84 Å². The van der Waals surface area contributed by atoms with E-state index >= 15 is 0 Å². The number of allylic oxidation sites excluding steroid dienone is 4. The third kappa shape index (κ3) is 1.88. The molecule has 0 amide bonds. The summed E-state index contributed by atoms with van der Waals surface area (Å²) in [6, 6.07) is 0. The van der Waals surface area contributed by atoms with Crippen molar-refractivity contribution in [2.24, 2.45) is 29.1 Å². The van der Waals surface area contributed by atoms with Gasteiger partial charge in [0.2, 0.25) is 0 Å². The maximum atomic E-state index is 11.1. The number of fused-ring (bicyclic) bond motifs is 5. The Bertz CT molecular complexity index is 679. The fraction of sp³-hybridized carbons (Fsp3) is 0.636. The highest BCUT2D eigenvalue weighted by atomic mass is 16.5. The number of methoxy groups -OCH3 is 1. The number of ether oxygens (including phenoxy) is 1. The molecule has 1 N–H and O–H groups in total. The van der Waals surface area contributed by atoms with Crippen LogP contribution in [-0.2, 0) is 4.74 Å². The molecule has 128 valence electrons. The van der Waals surface area contributed by atoms with E-state index in [1.165, 1.54) is 12.0 Å². The Morgan fingerprint density at radius 3 is 2.88 bits per heavy atom. The molecule has 0 saturated heterocycles. The minimum Gasteiger partial charge on any atom is -0.501 e. The number of rotatable bonds is 1. The maximum absolute atomic E-state index is 11.1. The van der Waals surface area contributed by atoms with Crippen LogP contribution in [0.2, 0.25) is 0 Å². The van der Waals surface area contributed by atoms with Crippen molar-refractivity contribution >= 4 is 0 Å². The minimum atomic E-state index is -1.12. The van der Waals surface area contributed by atoms with Crippen molar-refractivity contribution in [2.45, 2.75) is 51.0 Å². The molecule has 4 aliphatic carbocycles. The van der Waals surface area contributed by atoms with Gasteiger partial charge in [-0.05, 0) is 73.0 Å². The standard InChI is InChI=1S/C22H28O2/c1-5-22(23)14(2)12-20-19-8-6-15-13-16(24-4)7-9-17(15)18(19)10-11-21(20,22)3/h1,6,13,17-20,23H,2,7-12H2,3-4H3/t17-,18+,19+,20-,21-,22-/m0/s1. The summed E-state index contributed by atoms with van der Waals surface area (Å²) in [4.78, 5) is 0. The molecule has 2 heteroatoms. The first-order valence-electron chi connectivity index (χ1n) is 9.27. The van der Waals surface area contributed by atoms with Crippen molar-refractivity contribution < 1.29 is 9.84 Å². The van der Waals surface area contributed by atoms with Crippen LogP contribution in [0.1, 0.15) is 45.4 Å². The van der Waals surface area contributed by atoms with Gasteiger partial charge in [0.05, 0.1) is 12.9 Å². The van der Waals surface area contributed by atoms with E-state index in [0.717, 1.165) is 43.4 Å².